The van der Waals surface area contributed by atoms with Crippen LogP contribution in [0.3, 0.4) is 0 Å². The molecule has 162 valence electrons. The predicted octanol–water partition coefficient (Wildman–Crippen LogP) is 5.82. The lowest BCUT2D eigenvalue weighted by Crippen LogP contribution is -2.47. The molecular formula is C27H42O2. The summed E-state index contributed by atoms with van der Waals surface area (Å²) in [4.78, 5) is 0. The second-order valence-electron chi connectivity index (χ2n) is 13.6. The fraction of sp³-hybridized carbons (Fsp3) is 0.926. The highest BCUT2D eigenvalue weighted by molar-refractivity contribution is 5.25. The highest BCUT2D eigenvalue weighted by Crippen LogP contribution is 2.77. The van der Waals surface area contributed by atoms with Crippen molar-refractivity contribution in [2.45, 2.75) is 72.0 Å². The number of hydrogen-bond acceptors (Lipinski definition) is 2. The Bertz CT molecular complexity index is 640. The van der Waals surface area contributed by atoms with E-state index in [0.29, 0.717) is 0 Å². The number of allylic oxidation sites excluding steroid dienone is 2. The van der Waals surface area contributed by atoms with Crippen LogP contribution in [0.4, 0.5) is 0 Å². The van der Waals surface area contributed by atoms with Gasteiger partial charge in [0, 0.05) is 0 Å². The molecule has 0 aromatic heterocycles. The zero-order valence-electron chi connectivity index (χ0n) is 19.4. The summed E-state index contributed by atoms with van der Waals surface area (Å²) in [6.45, 7) is 15.2. The van der Waals surface area contributed by atoms with Gasteiger partial charge in [-0.05, 0) is 132 Å². The van der Waals surface area contributed by atoms with Crippen LogP contribution in [-0.2, 0) is 9.47 Å². The molecule has 5 saturated carbocycles. The average molecular weight is 399 g/mol. The van der Waals surface area contributed by atoms with Crippen LogP contribution < -0.4 is 0 Å². The lowest BCUT2D eigenvalue weighted by Gasteiger charge is -2.49. The summed E-state index contributed by atoms with van der Waals surface area (Å²) in [6.07, 6.45) is 9.74. The number of hydrogen-bond donors (Lipinski definition) is 0. The first-order chi connectivity index (χ1) is 13.6. The minimum atomic E-state index is -0.0359. The van der Waals surface area contributed by atoms with Crippen molar-refractivity contribution in [2.24, 2.45) is 71.0 Å². The zero-order valence-corrected chi connectivity index (χ0v) is 19.4. The molecule has 0 spiro atoms. The Morgan fingerprint density at radius 2 is 1.00 bits per heavy atom. The molecule has 29 heavy (non-hydrogen) atoms. The molecule has 12 unspecified atom stereocenters. The highest BCUT2D eigenvalue weighted by Gasteiger charge is 2.72. The minimum absolute atomic E-state index is 0.0359. The van der Waals surface area contributed by atoms with Crippen LogP contribution in [0.25, 0.3) is 0 Å². The number of ether oxygens (including phenoxy) is 2. The molecule has 6 aliphatic rings. The average Bonchev–Trinajstić information content (AvgIpc) is 3.42. The Morgan fingerprint density at radius 3 is 1.41 bits per heavy atom. The fourth-order valence-corrected chi connectivity index (χ4v) is 9.71. The van der Waals surface area contributed by atoms with Crippen molar-refractivity contribution in [1.82, 2.24) is 0 Å². The van der Waals surface area contributed by atoms with Crippen LogP contribution in [0.1, 0.15) is 60.8 Å². The van der Waals surface area contributed by atoms with Gasteiger partial charge < -0.3 is 9.47 Å². The highest BCUT2D eigenvalue weighted by atomic mass is 16.5. The third-order valence-corrected chi connectivity index (χ3v) is 10.1. The van der Waals surface area contributed by atoms with Gasteiger partial charge in [0.15, 0.2) is 0 Å². The molecule has 6 rings (SSSR count). The first-order valence-electron chi connectivity index (χ1n) is 12.6. The third kappa shape index (κ3) is 2.80. The summed E-state index contributed by atoms with van der Waals surface area (Å²) in [5.41, 5.74) is -0.0717. The Morgan fingerprint density at radius 1 is 0.586 bits per heavy atom. The Kier molecular flexibility index (Phi) is 4.09. The van der Waals surface area contributed by atoms with E-state index in [2.05, 4.69) is 53.7 Å². The molecule has 0 aliphatic heterocycles. The van der Waals surface area contributed by atoms with Gasteiger partial charge in [0.25, 0.3) is 0 Å². The number of rotatable bonds is 4. The van der Waals surface area contributed by atoms with Gasteiger partial charge in [-0.3, -0.25) is 0 Å². The van der Waals surface area contributed by atoms with Gasteiger partial charge >= 0.3 is 0 Å². The van der Waals surface area contributed by atoms with Crippen molar-refractivity contribution in [3.8, 4) is 0 Å². The first kappa shape index (κ1) is 19.4. The van der Waals surface area contributed by atoms with E-state index in [-0.39, 0.29) is 11.2 Å². The maximum atomic E-state index is 6.43. The third-order valence-electron chi connectivity index (χ3n) is 10.1. The molecule has 0 saturated heterocycles. The molecule has 0 amide bonds. The van der Waals surface area contributed by atoms with Crippen LogP contribution in [0, 0.1) is 71.0 Å². The van der Waals surface area contributed by atoms with E-state index in [1.54, 1.807) is 6.42 Å². The van der Waals surface area contributed by atoms with E-state index in [0.717, 1.165) is 84.2 Å². The van der Waals surface area contributed by atoms with Crippen molar-refractivity contribution in [3.63, 3.8) is 0 Å². The monoisotopic (exact) mass is 398 g/mol. The Hall–Kier alpha value is -0.340. The maximum Gasteiger partial charge on any atom is 0.0598 e. The van der Waals surface area contributed by atoms with Gasteiger partial charge in [0.1, 0.15) is 0 Å². The van der Waals surface area contributed by atoms with Gasteiger partial charge in [0.2, 0.25) is 0 Å². The fourth-order valence-electron chi connectivity index (χ4n) is 9.71. The summed E-state index contributed by atoms with van der Waals surface area (Å²) < 4.78 is 12.9. The molecule has 6 aliphatic carbocycles. The molecule has 0 N–H and O–H groups in total. The minimum Gasteiger partial charge on any atom is -0.376 e. The van der Waals surface area contributed by atoms with Crippen LogP contribution in [0.2, 0.25) is 0 Å². The number of fused-ring (bicyclic) bond motifs is 16. The van der Waals surface area contributed by atoms with Gasteiger partial charge in [-0.25, -0.2) is 0 Å². The second-order valence-corrected chi connectivity index (χ2v) is 13.6. The normalized spacial score (nSPS) is 53.9. The molecule has 0 aromatic carbocycles. The zero-order chi connectivity index (χ0) is 20.3. The smallest absolute Gasteiger partial charge is 0.0598 e. The summed E-state index contributed by atoms with van der Waals surface area (Å²) >= 11 is 0. The molecule has 2 heteroatoms. The lowest BCUT2D eigenvalue weighted by atomic mass is 9.57. The standard InChI is InChI=1S/C27H42O2/c1-26(2,3)28-12-20-16-10-17(21(20)13-29-27(4,5)6)25-19-11-18(24(16)25)22-14-7-8-15(9-14)23(19)22/h7-8,14-25H,9-13H2,1-6H3. The predicted molar refractivity (Wildman–Crippen MR) is 116 cm³/mol. The summed E-state index contributed by atoms with van der Waals surface area (Å²) in [5.74, 6) is 11.3. The lowest BCUT2D eigenvalue weighted by molar-refractivity contribution is -0.103. The largest absolute Gasteiger partial charge is 0.376 e. The van der Waals surface area contributed by atoms with Gasteiger partial charge in [-0.2, -0.15) is 0 Å². The van der Waals surface area contributed by atoms with Gasteiger partial charge in [-0.1, -0.05) is 12.2 Å². The maximum absolute atomic E-state index is 6.43. The molecule has 12 atom stereocenters. The van der Waals surface area contributed by atoms with Crippen molar-refractivity contribution in [3.05, 3.63) is 12.2 Å². The quantitative estimate of drug-likeness (QED) is 0.439. The van der Waals surface area contributed by atoms with Crippen molar-refractivity contribution in [2.75, 3.05) is 13.2 Å². The van der Waals surface area contributed by atoms with Crippen molar-refractivity contribution < 1.29 is 9.47 Å². The molecule has 5 fully saturated rings. The Labute approximate surface area is 178 Å². The SMILES string of the molecule is CC(C)(C)OCC1C(COC(C)(C)C)C2CC1C1C3CC(C4C5C=CC(C5)C34)C21. The molecule has 0 radical (unpaired) electrons. The second kappa shape index (κ2) is 6.12. The van der Waals surface area contributed by atoms with E-state index >= 15 is 0 Å². The van der Waals surface area contributed by atoms with E-state index in [1.165, 1.54) is 12.8 Å². The molecule has 2 nitrogen and oxygen atoms in total. The van der Waals surface area contributed by atoms with Crippen LogP contribution in [0.15, 0.2) is 12.2 Å². The van der Waals surface area contributed by atoms with Gasteiger partial charge in [-0.15, -0.1) is 0 Å². The summed E-state index contributed by atoms with van der Waals surface area (Å²) in [5, 5.41) is 0. The van der Waals surface area contributed by atoms with Gasteiger partial charge in [0.05, 0.1) is 24.4 Å². The van der Waals surface area contributed by atoms with E-state index in [1.807, 2.05) is 0 Å². The molecule has 6 bridgehead atoms. The molecule has 0 aromatic rings. The summed E-state index contributed by atoms with van der Waals surface area (Å²) in [7, 11) is 0. The Balaban J connectivity index is 1.27. The topological polar surface area (TPSA) is 18.5 Å². The molecular weight excluding hydrogens is 356 g/mol. The van der Waals surface area contributed by atoms with E-state index < -0.39 is 0 Å². The first-order valence-corrected chi connectivity index (χ1v) is 12.6. The van der Waals surface area contributed by atoms with E-state index in [9.17, 15) is 0 Å². The van der Waals surface area contributed by atoms with Crippen molar-refractivity contribution in [1.29, 1.82) is 0 Å². The van der Waals surface area contributed by atoms with E-state index in [4.69, 9.17) is 9.47 Å². The van der Waals surface area contributed by atoms with Crippen molar-refractivity contribution >= 4 is 0 Å². The van der Waals surface area contributed by atoms with Crippen LogP contribution in [-0.4, -0.2) is 24.4 Å². The summed E-state index contributed by atoms with van der Waals surface area (Å²) in [6, 6.07) is 0. The van der Waals surface area contributed by atoms with Crippen LogP contribution >= 0.6 is 0 Å². The van der Waals surface area contributed by atoms with Crippen LogP contribution in [0.5, 0.6) is 0 Å². The molecule has 0 heterocycles.